The van der Waals surface area contributed by atoms with Gasteiger partial charge < -0.3 is 4.74 Å². The molecule has 3 aromatic carbocycles. The minimum absolute atomic E-state index is 0.333. The second-order valence-electron chi connectivity index (χ2n) is 6.51. The quantitative estimate of drug-likeness (QED) is 0.200. The van der Waals surface area contributed by atoms with Crippen molar-refractivity contribution in [1.82, 2.24) is 0 Å². The lowest BCUT2D eigenvalue weighted by Gasteiger charge is -2.07. The van der Waals surface area contributed by atoms with Crippen LogP contribution in [-0.2, 0) is 6.42 Å². The number of allylic oxidation sites excluding steroid dienone is 1. The van der Waals surface area contributed by atoms with Crippen molar-refractivity contribution in [3.63, 3.8) is 0 Å². The van der Waals surface area contributed by atoms with Gasteiger partial charge >= 0.3 is 5.97 Å². The van der Waals surface area contributed by atoms with Gasteiger partial charge in [0.25, 0.3) is 0 Å². The summed E-state index contributed by atoms with van der Waals surface area (Å²) in [6.07, 6.45) is 6.29. The molecule has 0 aromatic heterocycles. The van der Waals surface area contributed by atoms with Gasteiger partial charge in [0, 0.05) is 0 Å². The molecule has 0 saturated heterocycles. The first-order valence-electron chi connectivity index (χ1n) is 9.34. The van der Waals surface area contributed by atoms with Crippen molar-refractivity contribution in [2.45, 2.75) is 25.7 Å². The van der Waals surface area contributed by atoms with Gasteiger partial charge in [-0.05, 0) is 66.6 Å². The van der Waals surface area contributed by atoms with E-state index in [1.54, 1.807) is 0 Å². The molecule has 0 amide bonds. The van der Waals surface area contributed by atoms with Gasteiger partial charge in [-0.1, -0.05) is 60.7 Å². The van der Waals surface area contributed by atoms with E-state index in [-0.39, 0.29) is 5.97 Å². The highest BCUT2D eigenvalue weighted by Gasteiger charge is 2.09. The van der Waals surface area contributed by atoms with Gasteiger partial charge in [-0.15, -0.1) is 6.58 Å². The molecular formula is C25H24O2. The topological polar surface area (TPSA) is 26.3 Å². The number of ether oxygens (including phenoxy) is 1. The molecule has 0 spiro atoms. The molecule has 2 heteroatoms. The van der Waals surface area contributed by atoms with Gasteiger partial charge in [0.15, 0.2) is 0 Å². The van der Waals surface area contributed by atoms with E-state index in [2.05, 4.69) is 18.7 Å². The van der Waals surface area contributed by atoms with Gasteiger partial charge in [-0.2, -0.15) is 0 Å². The molecule has 27 heavy (non-hydrogen) atoms. The molecule has 0 fully saturated rings. The van der Waals surface area contributed by atoms with Crippen LogP contribution in [0.25, 0.3) is 11.1 Å². The van der Waals surface area contributed by atoms with E-state index in [1.165, 1.54) is 5.56 Å². The molecule has 136 valence electrons. The first-order chi connectivity index (χ1) is 13.3. The van der Waals surface area contributed by atoms with Crippen molar-refractivity contribution >= 4 is 5.97 Å². The Morgan fingerprint density at radius 3 is 2.15 bits per heavy atom. The molecule has 0 N–H and O–H groups in total. The summed E-state index contributed by atoms with van der Waals surface area (Å²) < 4.78 is 5.49. The molecule has 2 nitrogen and oxygen atoms in total. The third-order valence-corrected chi connectivity index (χ3v) is 4.49. The first kappa shape index (κ1) is 18.7. The molecule has 0 aliphatic heterocycles. The normalized spacial score (nSPS) is 10.4. The lowest BCUT2D eigenvalue weighted by atomic mass is 10.1. The highest BCUT2D eigenvalue weighted by Crippen LogP contribution is 2.22. The zero-order valence-electron chi connectivity index (χ0n) is 15.4. The van der Waals surface area contributed by atoms with Gasteiger partial charge in [0.1, 0.15) is 5.75 Å². The fourth-order valence-electron chi connectivity index (χ4n) is 2.94. The molecule has 0 aliphatic carbocycles. The Balaban J connectivity index is 1.57. The summed E-state index contributed by atoms with van der Waals surface area (Å²) in [6, 6.07) is 25.4. The molecule has 0 atom stereocenters. The van der Waals surface area contributed by atoms with E-state index >= 15 is 0 Å². The maximum atomic E-state index is 12.3. The van der Waals surface area contributed by atoms with Crippen molar-refractivity contribution in [1.29, 1.82) is 0 Å². The maximum Gasteiger partial charge on any atom is 0.343 e. The third kappa shape index (κ3) is 5.42. The second-order valence-corrected chi connectivity index (χ2v) is 6.51. The van der Waals surface area contributed by atoms with Crippen molar-refractivity contribution in [2.75, 3.05) is 0 Å². The molecule has 0 saturated carbocycles. The molecule has 3 aromatic rings. The number of esters is 1. The zero-order chi connectivity index (χ0) is 18.9. The fourth-order valence-corrected chi connectivity index (χ4v) is 2.94. The number of carbonyl (C=O) groups excluding carboxylic acids is 1. The molecule has 0 unspecified atom stereocenters. The number of hydrogen-bond donors (Lipinski definition) is 0. The number of hydrogen-bond acceptors (Lipinski definition) is 2. The SMILES string of the molecule is C=CCCCCc1ccc(C(=O)Oc2ccc(-c3ccccc3)cc2)cc1. The van der Waals surface area contributed by atoms with Crippen molar-refractivity contribution < 1.29 is 9.53 Å². The first-order valence-corrected chi connectivity index (χ1v) is 9.34. The van der Waals surface area contributed by atoms with Crippen LogP contribution in [0.4, 0.5) is 0 Å². The summed E-state index contributed by atoms with van der Waals surface area (Å²) >= 11 is 0. The number of aryl methyl sites for hydroxylation is 1. The average Bonchev–Trinajstić information content (AvgIpc) is 2.73. The van der Waals surface area contributed by atoms with Crippen LogP contribution in [-0.4, -0.2) is 5.97 Å². The average molecular weight is 356 g/mol. The molecule has 3 rings (SSSR count). The lowest BCUT2D eigenvalue weighted by Crippen LogP contribution is -2.08. The van der Waals surface area contributed by atoms with E-state index in [9.17, 15) is 4.79 Å². The van der Waals surface area contributed by atoms with Gasteiger partial charge in [-0.25, -0.2) is 4.79 Å². The highest BCUT2D eigenvalue weighted by molar-refractivity contribution is 5.91. The minimum atomic E-state index is -0.333. The van der Waals surface area contributed by atoms with E-state index in [0.717, 1.165) is 36.8 Å². The van der Waals surface area contributed by atoms with Gasteiger partial charge in [0.2, 0.25) is 0 Å². The number of unbranched alkanes of at least 4 members (excludes halogenated alkanes) is 2. The van der Waals surface area contributed by atoms with Crippen LogP contribution in [0.3, 0.4) is 0 Å². The summed E-state index contributed by atoms with van der Waals surface area (Å²) in [7, 11) is 0. The van der Waals surface area contributed by atoms with E-state index in [1.807, 2.05) is 72.8 Å². The van der Waals surface area contributed by atoms with Crippen LogP contribution >= 0.6 is 0 Å². The Bertz CT molecular complexity index is 862. The Hall–Kier alpha value is -3.13. The monoisotopic (exact) mass is 356 g/mol. The van der Waals surface area contributed by atoms with E-state index < -0.39 is 0 Å². The largest absolute Gasteiger partial charge is 0.423 e. The smallest absolute Gasteiger partial charge is 0.343 e. The Kier molecular flexibility index (Phi) is 6.59. The molecule has 0 bridgehead atoms. The zero-order valence-corrected chi connectivity index (χ0v) is 15.4. The molecule has 0 radical (unpaired) electrons. The predicted molar refractivity (Wildman–Crippen MR) is 111 cm³/mol. The van der Waals surface area contributed by atoms with Gasteiger partial charge in [0.05, 0.1) is 5.56 Å². The Morgan fingerprint density at radius 1 is 0.815 bits per heavy atom. The van der Waals surface area contributed by atoms with Crippen LogP contribution in [0.1, 0.15) is 35.2 Å². The maximum absolute atomic E-state index is 12.3. The van der Waals surface area contributed by atoms with Crippen molar-refractivity contribution in [2.24, 2.45) is 0 Å². The predicted octanol–water partition coefficient (Wildman–Crippen LogP) is 6.47. The third-order valence-electron chi connectivity index (χ3n) is 4.49. The standard InChI is InChI=1S/C25H24O2/c1-2-3-4-6-9-20-12-14-23(15-13-20)25(26)27-24-18-16-22(17-19-24)21-10-7-5-8-11-21/h2,5,7-8,10-19H,1,3-4,6,9H2. The Morgan fingerprint density at radius 2 is 1.48 bits per heavy atom. The Labute approximate surface area is 161 Å². The van der Waals surface area contributed by atoms with Crippen LogP contribution in [0.15, 0.2) is 91.5 Å². The second kappa shape index (κ2) is 9.54. The lowest BCUT2D eigenvalue weighted by molar-refractivity contribution is 0.0735. The van der Waals surface area contributed by atoms with Crippen LogP contribution < -0.4 is 4.74 Å². The van der Waals surface area contributed by atoms with Crippen molar-refractivity contribution in [3.8, 4) is 16.9 Å². The van der Waals surface area contributed by atoms with Crippen molar-refractivity contribution in [3.05, 3.63) is 103 Å². The molecule has 0 heterocycles. The summed E-state index contributed by atoms with van der Waals surface area (Å²) in [5.41, 5.74) is 4.04. The van der Waals surface area contributed by atoms with E-state index in [4.69, 9.17) is 4.74 Å². The van der Waals surface area contributed by atoms with Gasteiger partial charge in [-0.3, -0.25) is 0 Å². The van der Waals surface area contributed by atoms with Crippen LogP contribution in [0, 0.1) is 0 Å². The highest BCUT2D eigenvalue weighted by atomic mass is 16.5. The van der Waals surface area contributed by atoms with Crippen LogP contribution in [0.5, 0.6) is 5.75 Å². The summed E-state index contributed by atoms with van der Waals surface area (Å²) in [4.78, 5) is 12.3. The summed E-state index contributed by atoms with van der Waals surface area (Å²) in [5, 5.41) is 0. The van der Waals surface area contributed by atoms with Crippen LogP contribution in [0.2, 0.25) is 0 Å². The molecular weight excluding hydrogens is 332 g/mol. The number of carbonyl (C=O) groups is 1. The summed E-state index contributed by atoms with van der Waals surface area (Å²) in [5.74, 6) is 0.217. The summed E-state index contributed by atoms with van der Waals surface area (Å²) in [6.45, 7) is 3.74. The minimum Gasteiger partial charge on any atom is -0.423 e. The fraction of sp³-hybridized carbons (Fsp3) is 0.160. The number of rotatable bonds is 8. The van der Waals surface area contributed by atoms with E-state index in [0.29, 0.717) is 11.3 Å². The number of benzene rings is 3. The molecule has 0 aliphatic rings.